The zero-order valence-corrected chi connectivity index (χ0v) is 10.2. The van der Waals surface area contributed by atoms with Crippen molar-refractivity contribution in [1.82, 2.24) is 0 Å². The standard InChI is InChI=1S/C10H5ClN2OS2/c11-8-2-1-7(16-8)9(14)13-10-6(5-12)3-4-15-10/h1-4H,(H,13,14). The number of nitrogens with zero attached hydrogens (tertiary/aromatic N) is 1. The molecule has 1 N–H and O–H groups in total. The van der Waals surface area contributed by atoms with Gasteiger partial charge in [0.25, 0.3) is 5.91 Å². The number of rotatable bonds is 2. The average molecular weight is 269 g/mol. The van der Waals surface area contributed by atoms with Gasteiger partial charge in [0.2, 0.25) is 0 Å². The molecule has 6 heteroatoms. The van der Waals surface area contributed by atoms with Crippen molar-refractivity contribution < 1.29 is 4.79 Å². The highest BCUT2D eigenvalue weighted by molar-refractivity contribution is 7.18. The number of nitriles is 1. The van der Waals surface area contributed by atoms with E-state index in [0.29, 0.717) is 19.8 Å². The van der Waals surface area contributed by atoms with Gasteiger partial charge in [0.05, 0.1) is 14.8 Å². The molecular formula is C10H5ClN2OS2. The van der Waals surface area contributed by atoms with Gasteiger partial charge in [-0.15, -0.1) is 22.7 Å². The van der Waals surface area contributed by atoms with E-state index in [1.807, 2.05) is 6.07 Å². The third-order valence-corrected chi connectivity index (χ3v) is 3.87. The first-order chi connectivity index (χ1) is 7.70. The van der Waals surface area contributed by atoms with E-state index < -0.39 is 0 Å². The van der Waals surface area contributed by atoms with Gasteiger partial charge in [0.1, 0.15) is 11.1 Å². The quantitative estimate of drug-likeness (QED) is 0.905. The molecule has 0 saturated carbocycles. The minimum Gasteiger partial charge on any atom is -0.312 e. The molecule has 0 bridgehead atoms. The van der Waals surface area contributed by atoms with Crippen LogP contribution in [0.1, 0.15) is 15.2 Å². The van der Waals surface area contributed by atoms with E-state index in [1.165, 1.54) is 22.7 Å². The monoisotopic (exact) mass is 268 g/mol. The van der Waals surface area contributed by atoms with Crippen molar-refractivity contribution >= 4 is 45.2 Å². The summed E-state index contributed by atoms with van der Waals surface area (Å²) < 4.78 is 0.567. The lowest BCUT2D eigenvalue weighted by Gasteiger charge is -1.99. The highest BCUT2D eigenvalue weighted by Crippen LogP contribution is 2.25. The molecule has 0 radical (unpaired) electrons. The van der Waals surface area contributed by atoms with Crippen LogP contribution in [0.25, 0.3) is 0 Å². The normalized spacial score (nSPS) is 9.75. The second-order valence-corrected chi connectivity index (χ2v) is 5.46. The SMILES string of the molecule is N#Cc1ccsc1NC(=O)c1ccc(Cl)s1. The molecule has 0 aliphatic carbocycles. The number of hydrogen-bond donors (Lipinski definition) is 1. The first kappa shape index (κ1) is 11.1. The average Bonchev–Trinajstić information content (AvgIpc) is 2.86. The van der Waals surface area contributed by atoms with Crippen LogP contribution in [-0.2, 0) is 0 Å². The zero-order chi connectivity index (χ0) is 11.5. The first-order valence-electron chi connectivity index (χ1n) is 4.25. The molecule has 16 heavy (non-hydrogen) atoms. The molecule has 0 unspecified atom stereocenters. The predicted octanol–water partition coefficient (Wildman–Crippen LogP) is 3.59. The van der Waals surface area contributed by atoms with Gasteiger partial charge in [-0.2, -0.15) is 5.26 Å². The third-order valence-electron chi connectivity index (χ3n) is 1.81. The van der Waals surface area contributed by atoms with Gasteiger partial charge in [0, 0.05) is 0 Å². The van der Waals surface area contributed by atoms with Crippen LogP contribution < -0.4 is 5.32 Å². The maximum absolute atomic E-state index is 11.7. The Hall–Kier alpha value is -1.35. The van der Waals surface area contributed by atoms with Crippen LogP contribution in [0.2, 0.25) is 4.34 Å². The lowest BCUT2D eigenvalue weighted by molar-refractivity contribution is 0.103. The Kier molecular flexibility index (Phi) is 3.25. The van der Waals surface area contributed by atoms with E-state index in [-0.39, 0.29) is 5.91 Å². The third kappa shape index (κ3) is 2.25. The number of amides is 1. The van der Waals surface area contributed by atoms with Crippen LogP contribution >= 0.6 is 34.3 Å². The molecule has 2 aromatic rings. The number of anilines is 1. The largest absolute Gasteiger partial charge is 0.312 e. The number of halogens is 1. The second kappa shape index (κ2) is 4.66. The molecule has 0 aromatic carbocycles. The summed E-state index contributed by atoms with van der Waals surface area (Å²) in [6.07, 6.45) is 0. The number of nitrogens with one attached hydrogen (secondary N) is 1. The molecule has 2 rings (SSSR count). The first-order valence-corrected chi connectivity index (χ1v) is 6.32. The van der Waals surface area contributed by atoms with E-state index in [9.17, 15) is 4.79 Å². The van der Waals surface area contributed by atoms with Crippen LogP contribution in [0, 0.1) is 11.3 Å². The molecule has 3 nitrogen and oxygen atoms in total. The molecule has 0 spiro atoms. The Balaban J connectivity index is 2.17. The smallest absolute Gasteiger partial charge is 0.266 e. The van der Waals surface area contributed by atoms with Crippen LogP contribution in [0.4, 0.5) is 5.00 Å². The predicted molar refractivity (Wildman–Crippen MR) is 66.3 cm³/mol. The Morgan fingerprint density at radius 1 is 1.44 bits per heavy atom. The number of carbonyl (C=O) groups excluding carboxylic acids is 1. The molecule has 0 fully saturated rings. The summed E-state index contributed by atoms with van der Waals surface area (Å²) in [5, 5.41) is 13.8. The van der Waals surface area contributed by atoms with E-state index in [4.69, 9.17) is 16.9 Å². The summed E-state index contributed by atoms with van der Waals surface area (Å²) >= 11 is 8.26. The minimum absolute atomic E-state index is 0.240. The molecule has 80 valence electrons. The maximum Gasteiger partial charge on any atom is 0.266 e. The molecule has 2 aromatic heterocycles. The topological polar surface area (TPSA) is 52.9 Å². The Bertz CT molecular complexity index is 567. The van der Waals surface area contributed by atoms with E-state index in [2.05, 4.69) is 5.32 Å². The van der Waals surface area contributed by atoms with Gasteiger partial charge in [-0.05, 0) is 23.6 Å². The molecule has 0 saturated heterocycles. The summed E-state index contributed by atoms with van der Waals surface area (Å²) in [5.74, 6) is -0.240. The fraction of sp³-hybridized carbons (Fsp3) is 0. The van der Waals surface area contributed by atoms with Crippen LogP contribution in [-0.4, -0.2) is 5.91 Å². The Morgan fingerprint density at radius 3 is 2.88 bits per heavy atom. The van der Waals surface area contributed by atoms with Crippen molar-refractivity contribution in [2.24, 2.45) is 0 Å². The summed E-state index contributed by atoms with van der Waals surface area (Å²) in [5.41, 5.74) is 0.473. The molecule has 0 aliphatic rings. The zero-order valence-electron chi connectivity index (χ0n) is 7.86. The van der Waals surface area contributed by atoms with Crippen molar-refractivity contribution in [1.29, 1.82) is 5.26 Å². The molecule has 2 heterocycles. The van der Waals surface area contributed by atoms with Gasteiger partial charge < -0.3 is 5.32 Å². The summed E-state index contributed by atoms with van der Waals surface area (Å²) in [7, 11) is 0. The van der Waals surface area contributed by atoms with Gasteiger partial charge in [-0.1, -0.05) is 11.6 Å². The molecule has 0 aliphatic heterocycles. The van der Waals surface area contributed by atoms with Crippen molar-refractivity contribution in [2.45, 2.75) is 0 Å². The van der Waals surface area contributed by atoms with Crippen LogP contribution in [0.15, 0.2) is 23.6 Å². The number of carbonyl (C=O) groups is 1. The maximum atomic E-state index is 11.7. The van der Waals surface area contributed by atoms with Crippen molar-refractivity contribution in [3.63, 3.8) is 0 Å². The van der Waals surface area contributed by atoms with Crippen molar-refractivity contribution in [3.8, 4) is 6.07 Å². The highest BCUT2D eigenvalue weighted by atomic mass is 35.5. The number of hydrogen-bond acceptors (Lipinski definition) is 4. The lowest BCUT2D eigenvalue weighted by Crippen LogP contribution is -2.09. The van der Waals surface area contributed by atoms with Crippen molar-refractivity contribution in [3.05, 3.63) is 38.4 Å². The molecule has 1 amide bonds. The van der Waals surface area contributed by atoms with E-state index >= 15 is 0 Å². The van der Waals surface area contributed by atoms with Crippen LogP contribution in [0.5, 0.6) is 0 Å². The summed E-state index contributed by atoms with van der Waals surface area (Å²) in [6, 6.07) is 7.00. The highest BCUT2D eigenvalue weighted by Gasteiger charge is 2.11. The number of thiophene rings is 2. The van der Waals surface area contributed by atoms with Crippen LogP contribution in [0.3, 0.4) is 0 Å². The fourth-order valence-electron chi connectivity index (χ4n) is 1.10. The summed E-state index contributed by atoms with van der Waals surface area (Å²) in [4.78, 5) is 12.3. The second-order valence-electron chi connectivity index (χ2n) is 2.83. The fourth-order valence-corrected chi connectivity index (χ4v) is 2.77. The lowest BCUT2D eigenvalue weighted by atomic mass is 10.3. The minimum atomic E-state index is -0.240. The Morgan fingerprint density at radius 2 is 2.25 bits per heavy atom. The molecular weight excluding hydrogens is 264 g/mol. The molecule has 0 atom stereocenters. The van der Waals surface area contributed by atoms with Gasteiger partial charge >= 0.3 is 0 Å². The summed E-state index contributed by atoms with van der Waals surface area (Å²) in [6.45, 7) is 0. The van der Waals surface area contributed by atoms with Gasteiger partial charge in [0.15, 0.2) is 0 Å². The van der Waals surface area contributed by atoms with E-state index in [0.717, 1.165) is 0 Å². The van der Waals surface area contributed by atoms with E-state index in [1.54, 1.807) is 23.6 Å². The van der Waals surface area contributed by atoms with Gasteiger partial charge in [-0.3, -0.25) is 4.79 Å². The van der Waals surface area contributed by atoms with Gasteiger partial charge in [-0.25, -0.2) is 0 Å². The van der Waals surface area contributed by atoms with Crippen molar-refractivity contribution in [2.75, 3.05) is 5.32 Å². The Labute approximate surface area is 105 Å².